The Morgan fingerprint density at radius 3 is 2.35 bits per heavy atom. The Labute approximate surface area is 122 Å². The minimum atomic E-state index is -3.29. The predicted octanol–water partition coefficient (Wildman–Crippen LogP) is 1.62. The summed E-state index contributed by atoms with van der Waals surface area (Å²) in [5.41, 5.74) is 0.953. The molecule has 1 rings (SSSR count). The van der Waals surface area contributed by atoms with Crippen LogP contribution in [0.1, 0.15) is 33.3 Å². The summed E-state index contributed by atoms with van der Waals surface area (Å²) < 4.78 is 26.6. The molecule has 6 heteroatoms. The molecule has 0 spiro atoms. The number of hydrogen-bond donors (Lipinski definition) is 1. The fraction of sp³-hybridized carbons (Fsp3) is 0.643. The Morgan fingerprint density at radius 2 is 1.85 bits per heavy atom. The molecular weight excluding hydrogens is 274 g/mol. The highest BCUT2D eigenvalue weighted by Crippen LogP contribution is 2.13. The first-order chi connectivity index (χ1) is 9.37. The molecular formula is C14H25N3O2S. The number of hydrogen-bond acceptors (Lipinski definition) is 4. The highest BCUT2D eigenvalue weighted by atomic mass is 32.2. The number of nitrogens with zero attached hydrogens (tertiary/aromatic N) is 2. The van der Waals surface area contributed by atoms with Crippen molar-refractivity contribution < 1.29 is 8.42 Å². The number of aromatic nitrogens is 1. The summed E-state index contributed by atoms with van der Waals surface area (Å²) in [6.07, 6.45) is 3.36. The van der Waals surface area contributed by atoms with Crippen LogP contribution in [0.15, 0.2) is 24.5 Å². The van der Waals surface area contributed by atoms with Crippen molar-refractivity contribution >= 4 is 10.0 Å². The second-order valence-corrected chi connectivity index (χ2v) is 7.55. The van der Waals surface area contributed by atoms with E-state index in [4.69, 9.17) is 0 Å². The van der Waals surface area contributed by atoms with Crippen LogP contribution in [-0.2, 0) is 16.6 Å². The molecule has 0 aliphatic heterocycles. The van der Waals surface area contributed by atoms with Crippen LogP contribution in [-0.4, -0.2) is 42.1 Å². The smallest absolute Gasteiger partial charge is 0.218 e. The summed E-state index contributed by atoms with van der Waals surface area (Å²) in [7, 11) is -3.29. The Hall–Kier alpha value is -0.980. The van der Waals surface area contributed by atoms with Crippen molar-refractivity contribution in [1.29, 1.82) is 0 Å². The van der Waals surface area contributed by atoms with Gasteiger partial charge in [-0.05, 0) is 24.6 Å². The van der Waals surface area contributed by atoms with Crippen LogP contribution in [0.3, 0.4) is 0 Å². The molecule has 1 unspecified atom stereocenters. The molecule has 1 heterocycles. The standard InChI is InChI=1S/C14H25N3O2S/c1-5-17(11-14-6-8-15-9-7-14)20(18,19)13(4)10-16-12(2)3/h6-9,12-13,16H,5,10-11H2,1-4H3. The van der Waals surface area contributed by atoms with Crippen molar-refractivity contribution in [3.8, 4) is 0 Å². The lowest BCUT2D eigenvalue weighted by molar-refractivity contribution is 0.412. The first kappa shape index (κ1) is 17.1. The van der Waals surface area contributed by atoms with E-state index in [9.17, 15) is 8.42 Å². The van der Waals surface area contributed by atoms with Gasteiger partial charge >= 0.3 is 0 Å². The number of sulfonamides is 1. The quantitative estimate of drug-likeness (QED) is 0.792. The SMILES string of the molecule is CCN(Cc1ccncc1)S(=O)(=O)C(C)CNC(C)C. The van der Waals surface area contributed by atoms with E-state index in [1.165, 1.54) is 4.31 Å². The summed E-state index contributed by atoms with van der Waals surface area (Å²) >= 11 is 0. The fourth-order valence-electron chi connectivity index (χ4n) is 1.84. The molecule has 0 radical (unpaired) electrons. The third-order valence-corrected chi connectivity index (χ3v) is 5.43. The second kappa shape index (κ2) is 7.71. The minimum absolute atomic E-state index is 0.280. The summed E-state index contributed by atoms with van der Waals surface area (Å²) in [5, 5.41) is 2.74. The predicted molar refractivity (Wildman–Crippen MR) is 81.8 cm³/mol. The van der Waals surface area contributed by atoms with Gasteiger partial charge in [-0.1, -0.05) is 20.8 Å². The molecule has 1 N–H and O–H groups in total. The van der Waals surface area contributed by atoms with Crippen molar-refractivity contribution in [3.63, 3.8) is 0 Å². The van der Waals surface area contributed by atoms with E-state index in [1.54, 1.807) is 19.3 Å². The molecule has 0 aliphatic rings. The maximum atomic E-state index is 12.5. The monoisotopic (exact) mass is 299 g/mol. The van der Waals surface area contributed by atoms with Gasteiger partial charge in [0.15, 0.2) is 0 Å². The molecule has 0 amide bonds. The van der Waals surface area contributed by atoms with E-state index in [0.717, 1.165) is 5.56 Å². The molecule has 5 nitrogen and oxygen atoms in total. The van der Waals surface area contributed by atoms with Crippen molar-refractivity contribution in [2.24, 2.45) is 0 Å². The molecule has 0 aliphatic carbocycles. The number of rotatable bonds is 8. The van der Waals surface area contributed by atoms with Crippen LogP contribution >= 0.6 is 0 Å². The zero-order valence-corrected chi connectivity index (χ0v) is 13.5. The first-order valence-electron chi connectivity index (χ1n) is 6.99. The topological polar surface area (TPSA) is 62.3 Å². The van der Waals surface area contributed by atoms with Crippen LogP contribution in [0.4, 0.5) is 0 Å². The van der Waals surface area contributed by atoms with E-state index in [2.05, 4.69) is 10.3 Å². The summed E-state index contributed by atoms with van der Waals surface area (Å²) in [5.74, 6) is 0. The van der Waals surface area contributed by atoms with E-state index in [-0.39, 0.29) is 6.04 Å². The zero-order chi connectivity index (χ0) is 15.2. The number of nitrogens with one attached hydrogen (secondary N) is 1. The average molecular weight is 299 g/mol. The molecule has 0 bridgehead atoms. The molecule has 0 fully saturated rings. The summed E-state index contributed by atoms with van der Waals surface area (Å²) in [6, 6.07) is 3.97. The van der Waals surface area contributed by atoms with Gasteiger partial charge in [0.05, 0.1) is 5.25 Å². The van der Waals surface area contributed by atoms with Gasteiger partial charge in [0.25, 0.3) is 0 Å². The lowest BCUT2D eigenvalue weighted by atomic mass is 10.3. The van der Waals surface area contributed by atoms with Crippen molar-refractivity contribution in [2.45, 2.75) is 45.5 Å². The van der Waals surface area contributed by atoms with E-state index in [0.29, 0.717) is 19.6 Å². The lowest BCUT2D eigenvalue weighted by Crippen LogP contribution is -2.42. The van der Waals surface area contributed by atoms with Gasteiger partial charge in [-0.3, -0.25) is 4.98 Å². The third kappa shape index (κ3) is 4.85. The van der Waals surface area contributed by atoms with Crippen LogP contribution < -0.4 is 5.32 Å². The molecule has 0 saturated carbocycles. The molecule has 1 aromatic heterocycles. The van der Waals surface area contributed by atoms with Gasteiger partial charge in [-0.15, -0.1) is 0 Å². The second-order valence-electron chi connectivity index (χ2n) is 5.20. The fourth-order valence-corrected chi connectivity index (χ4v) is 3.34. The first-order valence-corrected chi connectivity index (χ1v) is 8.49. The minimum Gasteiger partial charge on any atom is -0.313 e. The maximum absolute atomic E-state index is 12.5. The molecule has 0 saturated heterocycles. The van der Waals surface area contributed by atoms with Crippen LogP contribution in [0.2, 0.25) is 0 Å². The van der Waals surface area contributed by atoms with Gasteiger partial charge < -0.3 is 5.32 Å². The van der Waals surface area contributed by atoms with Gasteiger partial charge in [0.1, 0.15) is 0 Å². The van der Waals surface area contributed by atoms with Crippen LogP contribution in [0, 0.1) is 0 Å². The Bertz CT molecular complexity index is 488. The van der Waals surface area contributed by atoms with E-state index in [1.807, 2.05) is 32.9 Å². The zero-order valence-electron chi connectivity index (χ0n) is 12.7. The van der Waals surface area contributed by atoms with Crippen molar-refractivity contribution in [3.05, 3.63) is 30.1 Å². The summed E-state index contributed by atoms with van der Waals surface area (Å²) in [4.78, 5) is 3.95. The van der Waals surface area contributed by atoms with Gasteiger partial charge in [0.2, 0.25) is 10.0 Å². The molecule has 20 heavy (non-hydrogen) atoms. The Kier molecular flexibility index (Phi) is 6.58. The van der Waals surface area contributed by atoms with Crippen LogP contribution in [0.25, 0.3) is 0 Å². The molecule has 0 aromatic carbocycles. The summed E-state index contributed by atoms with van der Waals surface area (Å²) in [6.45, 7) is 8.96. The average Bonchev–Trinajstić information content (AvgIpc) is 2.42. The largest absolute Gasteiger partial charge is 0.313 e. The van der Waals surface area contributed by atoms with Gasteiger partial charge in [0, 0.05) is 38.1 Å². The van der Waals surface area contributed by atoms with Crippen molar-refractivity contribution in [1.82, 2.24) is 14.6 Å². The lowest BCUT2D eigenvalue weighted by Gasteiger charge is -2.25. The van der Waals surface area contributed by atoms with Crippen molar-refractivity contribution in [2.75, 3.05) is 13.1 Å². The molecule has 114 valence electrons. The molecule has 1 atom stereocenters. The normalized spacial score (nSPS) is 13.9. The highest BCUT2D eigenvalue weighted by Gasteiger charge is 2.27. The molecule has 1 aromatic rings. The third-order valence-electron chi connectivity index (χ3n) is 3.14. The van der Waals surface area contributed by atoms with E-state index >= 15 is 0 Å². The highest BCUT2D eigenvalue weighted by molar-refractivity contribution is 7.89. The van der Waals surface area contributed by atoms with E-state index < -0.39 is 15.3 Å². The Balaban J connectivity index is 2.76. The maximum Gasteiger partial charge on any atom is 0.218 e. The van der Waals surface area contributed by atoms with Gasteiger partial charge in [-0.2, -0.15) is 4.31 Å². The Morgan fingerprint density at radius 1 is 1.25 bits per heavy atom. The van der Waals surface area contributed by atoms with Gasteiger partial charge in [-0.25, -0.2) is 8.42 Å². The van der Waals surface area contributed by atoms with Crippen LogP contribution in [0.5, 0.6) is 0 Å². The number of pyridine rings is 1.